The molecule has 0 N–H and O–H groups in total. The van der Waals surface area contributed by atoms with Crippen LogP contribution in [0, 0.1) is 5.41 Å². The van der Waals surface area contributed by atoms with Crippen molar-refractivity contribution >= 4 is 11.1 Å². The second-order valence-corrected chi connectivity index (χ2v) is 4.31. The minimum Gasteiger partial charge on any atom is -0.287 e. The predicted molar refractivity (Wildman–Crippen MR) is 35.2 cm³/mol. The monoisotopic (exact) mass is 146 g/mol. The summed E-state index contributed by atoms with van der Waals surface area (Å²) in [6.07, 6.45) is 2.63. The van der Waals surface area contributed by atoms with E-state index < -0.39 is 11.1 Å². The summed E-state index contributed by atoms with van der Waals surface area (Å²) in [5, 5.41) is 0. The number of hydrogen-bond acceptors (Lipinski definition) is 2. The molecule has 0 aromatic heterocycles. The lowest BCUT2D eigenvalue weighted by Gasteiger charge is -2.38. The fourth-order valence-corrected chi connectivity index (χ4v) is 3.04. The summed E-state index contributed by atoms with van der Waals surface area (Å²) in [4.78, 5) is 0. The first kappa shape index (κ1) is 5.86. The zero-order chi connectivity index (χ0) is 6.48. The Balaban J connectivity index is 2.20. The maximum atomic E-state index is 10.8. The van der Waals surface area contributed by atoms with Crippen LogP contribution in [0.1, 0.15) is 19.8 Å². The summed E-state index contributed by atoms with van der Waals surface area (Å²) in [6, 6.07) is 0. The fourth-order valence-electron chi connectivity index (χ4n) is 1.52. The summed E-state index contributed by atoms with van der Waals surface area (Å²) >= 11 is -0.960. The summed E-state index contributed by atoms with van der Waals surface area (Å²) in [5.74, 6) is 0.762. The molecule has 0 bridgehead atoms. The molecule has 1 saturated heterocycles. The van der Waals surface area contributed by atoms with Crippen molar-refractivity contribution in [3.05, 3.63) is 0 Å². The normalized spacial score (nSPS) is 56.6. The molecule has 3 heteroatoms. The Morgan fingerprint density at radius 1 is 1.78 bits per heavy atom. The van der Waals surface area contributed by atoms with Gasteiger partial charge in [-0.25, -0.2) is 4.21 Å². The van der Waals surface area contributed by atoms with Crippen molar-refractivity contribution in [1.82, 2.24) is 0 Å². The maximum Gasteiger partial charge on any atom is 0.156 e. The van der Waals surface area contributed by atoms with Crippen LogP contribution in [-0.4, -0.2) is 16.1 Å². The van der Waals surface area contributed by atoms with E-state index in [1.54, 1.807) is 0 Å². The van der Waals surface area contributed by atoms with Gasteiger partial charge in [-0.05, 0) is 12.8 Å². The van der Waals surface area contributed by atoms with E-state index in [9.17, 15) is 4.21 Å². The Bertz CT molecular complexity index is 168. The molecule has 52 valence electrons. The molecule has 2 fully saturated rings. The van der Waals surface area contributed by atoms with Crippen LogP contribution in [0.4, 0.5) is 0 Å². The van der Waals surface area contributed by atoms with Gasteiger partial charge in [0.15, 0.2) is 11.1 Å². The fraction of sp³-hybridized carbons (Fsp3) is 1.00. The van der Waals surface area contributed by atoms with E-state index in [0.29, 0.717) is 6.10 Å². The molecule has 2 unspecified atom stereocenters. The van der Waals surface area contributed by atoms with E-state index >= 15 is 0 Å². The van der Waals surface area contributed by atoms with E-state index in [0.717, 1.165) is 12.2 Å². The van der Waals surface area contributed by atoms with Crippen LogP contribution in [0.3, 0.4) is 0 Å². The van der Waals surface area contributed by atoms with Gasteiger partial charge in [-0.3, -0.25) is 4.18 Å². The highest BCUT2D eigenvalue weighted by Gasteiger charge is 2.51. The minimum atomic E-state index is -0.960. The van der Waals surface area contributed by atoms with Gasteiger partial charge < -0.3 is 0 Å². The van der Waals surface area contributed by atoms with Crippen LogP contribution in [0.2, 0.25) is 0 Å². The standard InChI is InChI=1S/C6H10O2S/c1-6-3-2-5(6)8-9(7)4-6/h5H,2-4H2,1H3/t5?,6-,9?/m1/s1. The van der Waals surface area contributed by atoms with Gasteiger partial charge in [-0.1, -0.05) is 6.92 Å². The van der Waals surface area contributed by atoms with Crippen LogP contribution < -0.4 is 0 Å². The molecule has 3 atom stereocenters. The highest BCUT2D eigenvalue weighted by Crippen LogP contribution is 2.48. The zero-order valence-electron chi connectivity index (χ0n) is 5.42. The number of rotatable bonds is 0. The van der Waals surface area contributed by atoms with E-state index in [1.165, 1.54) is 6.42 Å². The first-order valence-electron chi connectivity index (χ1n) is 3.26. The van der Waals surface area contributed by atoms with Crippen molar-refractivity contribution in [2.45, 2.75) is 25.9 Å². The summed E-state index contributed by atoms with van der Waals surface area (Å²) < 4.78 is 15.9. The topological polar surface area (TPSA) is 26.3 Å². The molecule has 2 nitrogen and oxygen atoms in total. The molecule has 0 amide bonds. The van der Waals surface area contributed by atoms with Crippen molar-refractivity contribution in [3.8, 4) is 0 Å². The molecule has 2 aliphatic rings. The molecule has 1 heterocycles. The maximum absolute atomic E-state index is 10.8. The van der Waals surface area contributed by atoms with E-state index in [4.69, 9.17) is 4.18 Å². The largest absolute Gasteiger partial charge is 0.287 e. The number of hydrogen-bond donors (Lipinski definition) is 0. The molecule has 0 aromatic rings. The van der Waals surface area contributed by atoms with Gasteiger partial charge in [0.2, 0.25) is 0 Å². The van der Waals surface area contributed by atoms with Crippen molar-refractivity contribution in [2.24, 2.45) is 5.41 Å². The van der Waals surface area contributed by atoms with Gasteiger partial charge >= 0.3 is 0 Å². The summed E-state index contributed by atoms with van der Waals surface area (Å²) in [5.41, 5.74) is 0.283. The minimum absolute atomic E-state index is 0.283. The van der Waals surface area contributed by atoms with Crippen LogP contribution in [0.15, 0.2) is 0 Å². The molecule has 1 aliphatic heterocycles. The van der Waals surface area contributed by atoms with Crippen molar-refractivity contribution < 1.29 is 8.39 Å². The van der Waals surface area contributed by atoms with Crippen molar-refractivity contribution in [3.63, 3.8) is 0 Å². The molecule has 1 saturated carbocycles. The Hall–Kier alpha value is 0.110. The lowest BCUT2D eigenvalue weighted by atomic mass is 9.69. The quantitative estimate of drug-likeness (QED) is 0.506. The second kappa shape index (κ2) is 1.58. The van der Waals surface area contributed by atoms with Gasteiger partial charge in [-0.2, -0.15) is 0 Å². The highest BCUT2D eigenvalue weighted by atomic mass is 32.2. The van der Waals surface area contributed by atoms with Crippen LogP contribution in [0.25, 0.3) is 0 Å². The lowest BCUT2D eigenvalue weighted by Crippen LogP contribution is -2.40. The molecular formula is C6H10O2S. The molecule has 1 aliphatic carbocycles. The average Bonchev–Trinajstić information content (AvgIpc) is 1.94. The van der Waals surface area contributed by atoms with E-state index in [1.807, 2.05) is 0 Å². The molecular weight excluding hydrogens is 136 g/mol. The van der Waals surface area contributed by atoms with Crippen LogP contribution >= 0.6 is 0 Å². The Morgan fingerprint density at radius 2 is 2.56 bits per heavy atom. The third-order valence-electron chi connectivity index (χ3n) is 2.43. The van der Waals surface area contributed by atoms with Gasteiger partial charge in [0.1, 0.15) is 0 Å². The molecule has 0 aromatic carbocycles. The number of fused-ring (bicyclic) bond motifs is 1. The molecule has 9 heavy (non-hydrogen) atoms. The van der Waals surface area contributed by atoms with Gasteiger partial charge in [0.25, 0.3) is 0 Å². The SMILES string of the molecule is C[C@]12CCC1OS(=O)C2. The second-order valence-electron chi connectivity index (χ2n) is 3.23. The summed E-state index contributed by atoms with van der Waals surface area (Å²) in [7, 11) is 0. The van der Waals surface area contributed by atoms with Gasteiger partial charge in [0, 0.05) is 5.41 Å². The molecule has 0 radical (unpaired) electrons. The highest BCUT2D eigenvalue weighted by molar-refractivity contribution is 7.80. The van der Waals surface area contributed by atoms with Crippen LogP contribution in [-0.2, 0) is 15.3 Å². The Kier molecular flexibility index (Phi) is 1.03. The molecule has 2 rings (SSSR count). The molecule has 0 spiro atoms. The van der Waals surface area contributed by atoms with Crippen molar-refractivity contribution in [2.75, 3.05) is 5.75 Å². The Morgan fingerprint density at radius 3 is 2.78 bits per heavy atom. The predicted octanol–water partition coefficient (Wildman–Crippen LogP) is 0.849. The smallest absolute Gasteiger partial charge is 0.156 e. The van der Waals surface area contributed by atoms with Gasteiger partial charge in [0.05, 0.1) is 11.9 Å². The third-order valence-corrected chi connectivity index (χ3v) is 3.77. The average molecular weight is 146 g/mol. The first-order chi connectivity index (χ1) is 4.21. The summed E-state index contributed by atoms with van der Waals surface area (Å²) in [6.45, 7) is 2.16. The van der Waals surface area contributed by atoms with Gasteiger partial charge in [-0.15, -0.1) is 0 Å². The third kappa shape index (κ3) is 0.679. The van der Waals surface area contributed by atoms with E-state index in [-0.39, 0.29) is 5.41 Å². The van der Waals surface area contributed by atoms with E-state index in [2.05, 4.69) is 6.92 Å². The lowest BCUT2D eigenvalue weighted by molar-refractivity contribution is 0.0228. The zero-order valence-corrected chi connectivity index (χ0v) is 6.24. The first-order valence-corrected chi connectivity index (χ1v) is 4.51. The van der Waals surface area contributed by atoms with Crippen molar-refractivity contribution in [1.29, 1.82) is 0 Å². The Labute approximate surface area is 57.2 Å². The van der Waals surface area contributed by atoms with Crippen LogP contribution in [0.5, 0.6) is 0 Å².